The van der Waals surface area contributed by atoms with Crippen LogP contribution in [-0.4, -0.2) is 16.3 Å². The first-order valence-corrected chi connectivity index (χ1v) is 5.80. The minimum absolute atomic E-state index is 0.261. The second-order valence-corrected chi connectivity index (χ2v) is 4.31. The largest absolute Gasteiger partial charge is 0.488 e. The fourth-order valence-corrected chi connectivity index (χ4v) is 2.10. The Morgan fingerprint density at radius 2 is 1.94 bits per heavy atom. The number of nitrogens with zero attached hydrogens (tertiary/aromatic N) is 1. The van der Waals surface area contributed by atoms with Crippen molar-refractivity contribution in [2.75, 3.05) is 0 Å². The zero-order chi connectivity index (χ0) is 13.2. The summed E-state index contributed by atoms with van der Waals surface area (Å²) in [5.74, 6) is -0.474. The van der Waals surface area contributed by atoms with E-state index < -0.39 is 23.0 Å². The maximum Gasteiger partial charge on any atom is 0.425 e. The first-order valence-electron chi connectivity index (χ1n) is 5.80. The van der Waals surface area contributed by atoms with Crippen LogP contribution in [0.3, 0.4) is 0 Å². The lowest BCUT2D eigenvalue weighted by atomic mass is 9.98. The summed E-state index contributed by atoms with van der Waals surface area (Å²) >= 11 is 0. The van der Waals surface area contributed by atoms with E-state index in [1.165, 1.54) is 0 Å². The minimum Gasteiger partial charge on any atom is -0.488 e. The molecule has 4 nitrogen and oxygen atoms in total. The van der Waals surface area contributed by atoms with E-state index in [1.807, 2.05) is 0 Å². The van der Waals surface area contributed by atoms with Crippen LogP contribution in [0, 0.1) is 0 Å². The standard InChI is InChI=1S/C11H13F3N2O2/c12-11(13,14)9-8(6-15-16-10(9)17)18-7-4-2-1-3-5-7/h6-7H,1-5H2,(H,16,17). The fraction of sp³-hybridized carbons (Fsp3) is 0.636. The van der Waals surface area contributed by atoms with Gasteiger partial charge in [-0.25, -0.2) is 5.10 Å². The molecule has 7 heteroatoms. The summed E-state index contributed by atoms with van der Waals surface area (Å²) in [6.07, 6.45) is 0.279. The number of ether oxygens (including phenoxy) is 1. The third kappa shape index (κ3) is 2.83. The lowest BCUT2D eigenvalue weighted by Crippen LogP contribution is -2.27. The average molecular weight is 262 g/mol. The molecule has 0 spiro atoms. The van der Waals surface area contributed by atoms with Crippen LogP contribution in [0.5, 0.6) is 5.75 Å². The SMILES string of the molecule is O=c1[nH]ncc(OC2CCCCC2)c1C(F)(F)F. The van der Waals surface area contributed by atoms with Crippen LogP contribution >= 0.6 is 0 Å². The molecule has 0 aliphatic heterocycles. The summed E-state index contributed by atoms with van der Waals surface area (Å²) in [5, 5.41) is 5.14. The van der Waals surface area contributed by atoms with Crippen LogP contribution in [0.25, 0.3) is 0 Å². The zero-order valence-electron chi connectivity index (χ0n) is 9.59. The van der Waals surface area contributed by atoms with Gasteiger partial charge in [0, 0.05) is 0 Å². The van der Waals surface area contributed by atoms with Crippen molar-refractivity contribution in [2.45, 2.75) is 44.4 Å². The van der Waals surface area contributed by atoms with Crippen molar-refractivity contribution in [1.82, 2.24) is 10.2 Å². The fourth-order valence-electron chi connectivity index (χ4n) is 2.10. The summed E-state index contributed by atoms with van der Waals surface area (Å²) in [5.41, 5.74) is -2.57. The maximum atomic E-state index is 12.7. The molecule has 1 fully saturated rings. The van der Waals surface area contributed by atoms with Crippen LogP contribution in [0.4, 0.5) is 13.2 Å². The summed E-state index contributed by atoms with van der Waals surface area (Å²) in [4.78, 5) is 11.2. The minimum atomic E-state index is -4.74. The Hall–Kier alpha value is -1.53. The highest BCUT2D eigenvalue weighted by atomic mass is 19.4. The monoisotopic (exact) mass is 262 g/mol. The van der Waals surface area contributed by atoms with Crippen molar-refractivity contribution in [1.29, 1.82) is 0 Å². The van der Waals surface area contributed by atoms with Gasteiger partial charge in [0.15, 0.2) is 11.3 Å². The van der Waals surface area contributed by atoms with Crippen LogP contribution in [0.1, 0.15) is 37.7 Å². The van der Waals surface area contributed by atoms with Crippen molar-refractivity contribution in [3.8, 4) is 5.75 Å². The van der Waals surface area contributed by atoms with Gasteiger partial charge < -0.3 is 4.74 Å². The quantitative estimate of drug-likeness (QED) is 0.890. The number of H-pyrrole nitrogens is 1. The van der Waals surface area contributed by atoms with Crippen molar-refractivity contribution in [3.05, 3.63) is 22.1 Å². The third-order valence-corrected chi connectivity index (χ3v) is 2.95. The van der Waals surface area contributed by atoms with Gasteiger partial charge in [0.2, 0.25) is 0 Å². The number of alkyl halides is 3. The Morgan fingerprint density at radius 3 is 2.56 bits per heavy atom. The van der Waals surface area contributed by atoms with E-state index in [9.17, 15) is 18.0 Å². The molecule has 0 bridgehead atoms. The number of aromatic nitrogens is 2. The molecule has 0 saturated heterocycles. The molecule has 18 heavy (non-hydrogen) atoms. The molecule has 1 aromatic heterocycles. The highest BCUT2D eigenvalue weighted by Gasteiger charge is 2.38. The number of halogens is 3. The van der Waals surface area contributed by atoms with Gasteiger partial charge in [0.05, 0.1) is 12.3 Å². The summed E-state index contributed by atoms with van der Waals surface area (Å²) in [6, 6.07) is 0. The topological polar surface area (TPSA) is 55.0 Å². The molecule has 0 unspecified atom stereocenters. The molecule has 0 aromatic carbocycles. The second kappa shape index (κ2) is 4.99. The van der Waals surface area contributed by atoms with Gasteiger partial charge in [-0.1, -0.05) is 6.42 Å². The van der Waals surface area contributed by atoms with Gasteiger partial charge in [0.25, 0.3) is 5.56 Å². The lowest BCUT2D eigenvalue weighted by Gasteiger charge is -2.24. The van der Waals surface area contributed by atoms with Gasteiger partial charge in [-0.2, -0.15) is 18.3 Å². The summed E-state index contributed by atoms with van der Waals surface area (Å²) < 4.78 is 43.5. The van der Waals surface area contributed by atoms with E-state index in [0.29, 0.717) is 12.8 Å². The second-order valence-electron chi connectivity index (χ2n) is 4.31. The Balaban J connectivity index is 2.27. The lowest BCUT2D eigenvalue weighted by molar-refractivity contribution is -0.140. The molecule has 0 amide bonds. The van der Waals surface area contributed by atoms with Crippen LogP contribution in [0.15, 0.2) is 11.0 Å². The third-order valence-electron chi connectivity index (χ3n) is 2.95. The van der Waals surface area contributed by atoms with Crippen LogP contribution in [-0.2, 0) is 6.18 Å². The Bertz CT molecular complexity index is 464. The smallest absolute Gasteiger partial charge is 0.425 e. The Morgan fingerprint density at radius 1 is 1.28 bits per heavy atom. The van der Waals surface area contributed by atoms with Gasteiger partial charge in [0.1, 0.15) is 0 Å². The van der Waals surface area contributed by atoms with E-state index in [1.54, 1.807) is 5.10 Å². The molecule has 1 N–H and O–H groups in total. The maximum absolute atomic E-state index is 12.7. The normalized spacial score (nSPS) is 17.7. The molecule has 1 aromatic rings. The van der Waals surface area contributed by atoms with Crippen molar-refractivity contribution < 1.29 is 17.9 Å². The van der Waals surface area contributed by atoms with E-state index in [2.05, 4.69) is 5.10 Å². The molecular formula is C11H13F3N2O2. The molecule has 1 aliphatic carbocycles. The number of nitrogens with one attached hydrogen (secondary N) is 1. The molecule has 1 heterocycles. The average Bonchev–Trinajstić information content (AvgIpc) is 2.28. The van der Waals surface area contributed by atoms with Gasteiger partial charge >= 0.3 is 6.18 Å². The number of hydrogen-bond acceptors (Lipinski definition) is 3. The first-order chi connectivity index (χ1) is 8.48. The zero-order valence-corrected chi connectivity index (χ0v) is 9.59. The van der Waals surface area contributed by atoms with Gasteiger partial charge in [-0.05, 0) is 25.7 Å². The highest BCUT2D eigenvalue weighted by molar-refractivity contribution is 5.30. The highest BCUT2D eigenvalue weighted by Crippen LogP contribution is 2.34. The molecule has 1 saturated carbocycles. The number of rotatable bonds is 2. The Kier molecular flexibility index (Phi) is 3.58. The van der Waals surface area contributed by atoms with Gasteiger partial charge in [-0.15, -0.1) is 0 Å². The van der Waals surface area contributed by atoms with Crippen LogP contribution in [0.2, 0.25) is 0 Å². The summed E-state index contributed by atoms with van der Waals surface area (Å²) in [7, 11) is 0. The molecule has 100 valence electrons. The van der Waals surface area contributed by atoms with Crippen molar-refractivity contribution >= 4 is 0 Å². The predicted molar refractivity (Wildman–Crippen MR) is 57.4 cm³/mol. The molecular weight excluding hydrogens is 249 g/mol. The van der Waals surface area contributed by atoms with E-state index in [4.69, 9.17) is 4.74 Å². The van der Waals surface area contributed by atoms with Crippen LogP contribution < -0.4 is 10.3 Å². The van der Waals surface area contributed by atoms with Gasteiger partial charge in [-0.3, -0.25) is 4.79 Å². The molecule has 1 aliphatic rings. The first kappa shape index (κ1) is 12.9. The number of hydrogen-bond donors (Lipinski definition) is 1. The predicted octanol–water partition coefficient (Wildman–Crippen LogP) is 2.50. The van der Waals surface area contributed by atoms with Crippen molar-refractivity contribution in [3.63, 3.8) is 0 Å². The molecule has 0 radical (unpaired) electrons. The van der Waals surface area contributed by atoms with E-state index >= 15 is 0 Å². The molecule has 0 atom stereocenters. The Labute approximate surface area is 101 Å². The molecule has 2 rings (SSSR count). The van der Waals surface area contributed by atoms with E-state index in [0.717, 1.165) is 25.5 Å². The van der Waals surface area contributed by atoms with Crippen molar-refractivity contribution in [2.24, 2.45) is 0 Å². The summed E-state index contributed by atoms with van der Waals surface area (Å²) in [6.45, 7) is 0. The van der Waals surface area contributed by atoms with E-state index in [-0.39, 0.29) is 6.10 Å². The number of aromatic amines is 1.